The van der Waals surface area contributed by atoms with E-state index in [0.717, 1.165) is 6.42 Å². The van der Waals surface area contributed by atoms with Gasteiger partial charge in [-0.25, -0.2) is 0 Å². The molecule has 1 saturated carbocycles. The lowest BCUT2D eigenvalue weighted by atomic mass is 9.63. The van der Waals surface area contributed by atoms with Gasteiger partial charge in [-0.3, -0.25) is 4.79 Å². The molecule has 0 radical (unpaired) electrons. The number of hydrogen-bond acceptors (Lipinski definition) is 5. The summed E-state index contributed by atoms with van der Waals surface area (Å²) in [6.07, 6.45) is 4.50. The van der Waals surface area contributed by atoms with E-state index >= 15 is 0 Å². The van der Waals surface area contributed by atoms with Crippen LogP contribution in [0.1, 0.15) is 41.0 Å². The number of hydrogen-bond donors (Lipinski definition) is 0. The summed E-state index contributed by atoms with van der Waals surface area (Å²) >= 11 is 0. The molecule has 5 heteroatoms. The van der Waals surface area contributed by atoms with Crippen LogP contribution < -0.4 is 0 Å². The van der Waals surface area contributed by atoms with Crippen molar-refractivity contribution in [3.05, 3.63) is 12.2 Å². The van der Waals surface area contributed by atoms with Crippen LogP contribution in [0.4, 0.5) is 0 Å². The quantitative estimate of drug-likeness (QED) is 0.694. The number of carbonyl (C=O) groups excluding carboxylic acids is 1. The van der Waals surface area contributed by atoms with E-state index in [0.29, 0.717) is 0 Å². The highest BCUT2D eigenvalue weighted by molar-refractivity contribution is 5.79. The zero-order valence-electron chi connectivity index (χ0n) is 14.4. The van der Waals surface area contributed by atoms with Gasteiger partial charge in [0.25, 0.3) is 0 Å². The zero-order valence-corrected chi connectivity index (χ0v) is 14.4. The molecule has 0 bridgehead atoms. The molecule has 0 spiro atoms. The van der Waals surface area contributed by atoms with Gasteiger partial charge in [-0.15, -0.1) is 0 Å². The zero-order chi connectivity index (χ0) is 16.6. The maximum absolute atomic E-state index is 12.2. The standard InChI is InChI=1S/C18H26O5/c1-9(19)10-7-6-8-11-12(10)14-16(23-18(4,5)21-14)15-13(11)20-17(2,3)22-15/h6,8,10-16H,7H2,1-5H3/t10-,11+,12-,13-,14+,15+,16+/m0/s1. The maximum atomic E-state index is 12.2. The van der Waals surface area contributed by atoms with Gasteiger partial charge in [-0.2, -0.15) is 0 Å². The third kappa shape index (κ3) is 2.40. The Morgan fingerprint density at radius 3 is 2.04 bits per heavy atom. The fourth-order valence-electron chi connectivity index (χ4n) is 4.89. The minimum absolute atomic E-state index is 0.0386. The normalized spacial score (nSPS) is 49.3. The van der Waals surface area contributed by atoms with Gasteiger partial charge >= 0.3 is 0 Å². The Hall–Kier alpha value is -0.750. The minimum atomic E-state index is -0.659. The fourth-order valence-corrected chi connectivity index (χ4v) is 4.89. The van der Waals surface area contributed by atoms with Gasteiger partial charge in [0, 0.05) is 17.8 Å². The van der Waals surface area contributed by atoms with Gasteiger partial charge < -0.3 is 18.9 Å². The first-order chi connectivity index (χ1) is 10.7. The molecule has 4 aliphatic rings. The van der Waals surface area contributed by atoms with Gasteiger partial charge in [0.05, 0.1) is 12.2 Å². The molecule has 0 unspecified atom stereocenters. The first-order valence-electron chi connectivity index (χ1n) is 8.57. The highest BCUT2D eigenvalue weighted by atomic mass is 16.8. The predicted molar refractivity (Wildman–Crippen MR) is 82.6 cm³/mol. The third-order valence-corrected chi connectivity index (χ3v) is 5.59. The van der Waals surface area contributed by atoms with E-state index in [-0.39, 0.29) is 48.0 Å². The average Bonchev–Trinajstić information content (AvgIpc) is 2.93. The first kappa shape index (κ1) is 15.8. The van der Waals surface area contributed by atoms with Crippen LogP contribution in [0.3, 0.4) is 0 Å². The van der Waals surface area contributed by atoms with Crippen molar-refractivity contribution in [2.75, 3.05) is 0 Å². The summed E-state index contributed by atoms with van der Waals surface area (Å²) in [5, 5.41) is 0. The highest BCUT2D eigenvalue weighted by Gasteiger charge is 2.64. The summed E-state index contributed by atoms with van der Waals surface area (Å²) in [4.78, 5) is 12.2. The van der Waals surface area contributed by atoms with Crippen LogP contribution in [0, 0.1) is 17.8 Å². The highest BCUT2D eigenvalue weighted by Crippen LogP contribution is 2.53. The maximum Gasteiger partial charge on any atom is 0.163 e. The molecule has 0 N–H and O–H groups in total. The van der Waals surface area contributed by atoms with E-state index in [4.69, 9.17) is 18.9 Å². The average molecular weight is 322 g/mol. The molecule has 0 aromatic rings. The first-order valence-corrected chi connectivity index (χ1v) is 8.57. The monoisotopic (exact) mass is 322 g/mol. The van der Waals surface area contributed by atoms with Gasteiger partial charge in [-0.05, 0) is 41.0 Å². The van der Waals surface area contributed by atoms with Crippen molar-refractivity contribution in [3.63, 3.8) is 0 Å². The second-order valence-electron chi connectivity index (χ2n) is 8.17. The van der Waals surface area contributed by atoms with E-state index in [1.807, 2.05) is 27.7 Å². The lowest BCUT2D eigenvalue weighted by molar-refractivity contribution is -0.177. The van der Waals surface area contributed by atoms with Crippen LogP contribution >= 0.6 is 0 Å². The summed E-state index contributed by atoms with van der Waals surface area (Å²) in [5.41, 5.74) is 0. The van der Waals surface area contributed by atoms with E-state index < -0.39 is 11.6 Å². The molecule has 2 heterocycles. The molecule has 128 valence electrons. The number of carbonyl (C=O) groups is 1. The second-order valence-corrected chi connectivity index (χ2v) is 8.17. The Labute approximate surface area is 137 Å². The molecule has 0 aromatic carbocycles. The van der Waals surface area contributed by atoms with Crippen molar-refractivity contribution >= 4 is 5.78 Å². The van der Waals surface area contributed by atoms with Crippen LogP contribution in [0.15, 0.2) is 12.2 Å². The van der Waals surface area contributed by atoms with E-state index in [1.54, 1.807) is 6.92 Å². The van der Waals surface area contributed by atoms with E-state index in [9.17, 15) is 4.79 Å². The third-order valence-electron chi connectivity index (χ3n) is 5.59. The smallest absolute Gasteiger partial charge is 0.163 e. The van der Waals surface area contributed by atoms with Crippen molar-refractivity contribution in [2.24, 2.45) is 17.8 Å². The molecular formula is C18H26O5. The molecular weight excluding hydrogens is 296 g/mol. The molecule has 0 amide bonds. The largest absolute Gasteiger partial charge is 0.344 e. The summed E-state index contributed by atoms with van der Waals surface area (Å²) in [6.45, 7) is 9.41. The van der Waals surface area contributed by atoms with Gasteiger partial charge in [0.1, 0.15) is 18.0 Å². The van der Waals surface area contributed by atoms with Gasteiger partial charge in [-0.1, -0.05) is 12.2 Å². The molecule has 23 heavy (non-hydrogen) atoms. The lowest BCUT2D eigenvalue weighted by Gasteiger charge is -2.46. The summed E-state index contributed by atoms with van der Waals surface area (Å²) in [6, 6.07) is 0. The minimum Gasteiger partial charge on any atom is -0.344 e. The Balaban J connectivity index is 1.76. The van der Waals surface area contributed by atoms with Crippen molar-refractivity contribution in [2.45, 2.75) is 77.0 Å². The number of ketones is 1. The van der Waals surface area contributed by atoms with Crippen molar-refractivity contribution in [1.82, 2.24) is 0 Å². The molecule has 2 saturated heterocycles. The van der Waals surface area contributed by atoms with Crippen LogP contribution in [0.5, 0.6) is 0 Å². The molecule has 5 nitrogen and oxygen atoms in total. The van der Waals surface area contributed by atoms with E-state index in [1.165, 1.54) is 0 Å². The molecule has 2 aliphatic heterocycles. The van der Waals surface area contributed by atoms with Gasteiger partial charge in [0.15, 0.2) is 11.6 Å². The predicted octanol–water partition coefficient (Wildman–Crippen LogP) is 2.44. The second kappa shape index (κ2) is 4.88. The molecule has 4 rings (SSSR count). The summed E-state index contributed by atoms with van der Waals surface area (Å²) < 4.78 is 24.8. The molecule has 0 aromatic heterocycles. The molecule has 2 aliphatic carbocycles. The fraction of sp³-hybridized carbons (Fsp3) is 0.833. The Kier molecular flexibility index (Phi) is 3.34. The summed E-state index contributed by atoms with van der Waals surface area (Å²) in [5.74, 6) is -0.905. The van der Waals surface area contributed by atoms with Crippen molar-refractivity contribution < 1.29 is 23.7 Å². The number of rotatable bonds is 1. The topological polar surface area (TPSA) is 54.0 Å². The van der Waals surface area contributed by atoms with Crippen LogP contribution in [-0.4, -0.2) is 41.8 Å². The number of fused-ring (bicyclic) bond motifs is 6. The van der Waals surface area contributed by atoms with Crippen LogP contribution in [0.25, 0.3) is 0 Å². The Morgan fingerprint density at radius 1 is 0.913 bits per heavy atom. The van der Waals surface area contributed by atoms with E-state index in [2.05, 4.69) is 12.2 Å². The van der Waals surface area contributed by atoms with Crippen molar-refractivity contribution in [1.29, 1.82) is 0 Å². The van der Waals surface area contributed by atoms with Crippen molar-refractivity contribution in [3.8, 4) is 0 Å². The lowest BCUT2D eigenvalue weighted by Crippen LogP contribution is -2.58. The van der Waals surface area contributed by atoms with Crippen LogP contribution in [-0.2, 0) is 23.7 Å². The summed E-state index contributed by atoms with van der Waals surface area (Å²) in [7, 11) is 0. The van der Waals surface area contributed by atoms with Crippen LogP contribution in [0.2, 0.25) is 0 Å². The SMILES string of the molecule is CC(=O)[C@@H]1CC=C[C@H]2[C@@H]3OC(C)(C)O[C@H]3[C@@H]3OC(C)(C)O[C@@H]3[C@H]21. The number of ether oxygens (including phenoxy) is 4. The Morgan fingerprint density at radius 2 is 1.43 bits per heavy atom. The number of allylic oxidation sites excluding steroid dienone is 1. The Bertz CT molecular complexity index is 552. The van der Waals surface area contributed by atoms with Gasteiger partial charge in [0.2, 0.25) is 0 Å². The molecule has 3 fully saturated rings. The molecule has 7 atom stereocenters. The number of Topliss-reactive ketones (excluding diaryl/α,β-unsaturated/α-hetero) is 1.